The second-order valence-corrected chi connectivity index (χ2v) is 4.68. The van der Waals surface area contributed by atoms with Gasteiger partial charge in [0.2, 0.25) is 0 Å². The number of carbonyl (C=O) groups is 1. The lowest BCUT2D eigenvalue weighted by Crippen LogP contribution is -2.13. The third-order valence-electron chi connectivity index (χ3n) is 2.13. The van der Waals surface area contributed by atoms with E-state index in [4.69, 9.17) is 5.73 Å². The van der Waals surface area contributed by atoms with Gasteiger partial charge in [0.05, 0.1) is 12.7 Å². The topological polar surface area (TPSA) is 64.3 Å². The van der Waals surface area contributed by atoms with Crippen LogP contribution in [0.3, 0.4) is 0 Å². The maximum Gasteiger partial charge on any atom is 0.441 e. The molecule has 0 amide bonds. The van der Waals surface area contributed by atoms with Crippen molar-refractivity contribution in [2.24, 2.45) is 0 Å². The van der Waals surface area contributed by atoms with Crippen LogP contribution in [-0.2, 0) is 4.74 Å². The van der Waals surface area contributed by atoms with E-state index in [-0.39, 0.29) is 29.6 Å². The van der Waals surface area contributed by atoms with Gasteiger partial charge in [-0.15, -0.1) is 0 Å². The molecule has 0 saturated heterocycles. The Labute approximate surface area is 112 Å². The molecule has 1 aromatic rings. The summed E-state index contributed by atoms with van der Waals surface area (Å²) >= 11 is -0.127. The highest BCUT2D eigenvalue weighted by molar-refractivity contribution is 8.00. The van der Waals surface area contributed by atoms with E-state index in [1.807, 2.05) is 0 Å². The Kier molecular flexibility index (Phi) is 5.34. The van der Waals surface area contributed by atoms with Gasteiger partial charge in [-0.3, -0.25) is 0 Å². The van der Waals surface area contributed by atoms with E-state index in [9.17, 15) is 18.0 Å². The van der Waals surface area contributed by atoms with Crippen LogP contribution in [0.25, 0.3) is 0 Å². The minimum atomic E-state index is -4.26. The maximum absolute atomic E-state index is 11.9. The van der Waals surface area contributed by atoms with Gasteiger partial charge in [-0.2, -0.15) is 13.2 Å². The Morgan fingerprint density at radius 3 is 2.74 bits per heavy atom. The number of nitrogens with one attached hydrogen (secondary N) is 1. The summed E-state index contributed by atoms with van der Waals surface area (Å²) in [7, 11) is 1.22. The predicted molar refractivity (Wildman–Crippen MR) is 69.2 cm³/mol. The van der Waals surface area contributed by atoms with Crippen LogP contribution >= 0.6 is 11.8 Å². The number of rotatable bonds is 5. The van der Waals surface area contributed by atoms with Gasteiger partial charge in [-0.05, 0) is 30.0 Å². The van der Waals surface area contributed by atoms with Gasteiger partial charge in [0.15, 0.2) is 0 Å². The smallest absolute Gasteiger partial charge is 0.441 e. The third-order valence-corrected chi connectivity index (χ3v) is 2.87. The summed E-state index contributed by atoms with van der Waals surface area (Å²) in [6.07, 6.45) is 0. The largest absolute Gasteiger partial charge is 0.465 e. The fourth-order valence-electron chi connectivity index (χ4n) is 1.35. The lowest BCUT2D eigenvalue weighted by molar-refractivity contribution is -0.0327. The van der Waals surface area contributed by atoms with Crippen molar-refractivity contribution in [2.45, 2.75) is 5.51 Å². The average Bonchev–Trinajstić information content (AvgIpc) is 2.33. The molecule has 0 aliphatic heterocycles. The maximum atomic E-state index is 11.9. The molecule has 0 spiro atoms. The number of carbonyl (C=O) groups excluding carboxylic acids is 1. The Hall–Kier alpha value is -1.57. The van der Waals surface area contributed by atoms with E-state index in [1.165, 1.54) is 19.2 Å². The number of alkyl halides is 3. The molecule has 0 heterocycles. The van der Waals surface area contributed by atoms with E-state index in [1.54, 1.807) is 6.07 Å². The van der Waals surface area contributed by atoms with Crippen molar-refractivity contribution < 1.29 is 22.7 Å². The van der Waals surface area contributed by atoms with Crippen LogP contribution in [0.1, 0.15) is 10.4 Å². The number of esters is 1. The van der Waals surface area contributed by atoms with Crippen molar-refractivity contribution in [1.82, 2.24) is 0 Å². The highest BCUT2D eigenvalue weighted by atomic mass is 32.2. The molecule has 0 aliphatic carbocycles. The molecule has 0 saturated carbocycles. The number of halogens is 3. The SMILES string of the molecule is COC(=O)c1cc(N)ccc1NCCSC(F)(F)F. The number of hydrogen-bond donors (Lipinski definition) is 2. The molecule has 0 bridgehead atoms. The second-order valence-electron chi connectivity index (χ2n) is 3.52. The van der Waals surface area contributed by atoms with E-state index >= 15 is 0 Å². The molecule has 0 unspecified atom stereocenters. The number of ether oxygens (including phenoxy) is 1. The molecule has 0 fully saturated rings. The minimum Gasteiger partial charge on any atom is -0.465 e. The first-order chi connectivity index (χ1) is 8.83. The monoisotopic (exact) mass is 294 g/mol. The fourth-order valence-corrected chi connectivity index (χ4v) is 1.78. The number of methoxy groups -OCH3 is 1. The lowest BCUT2D eigenvalue weighted by Gasteiger charge is -2.12. The third kappa shape index (κ3) is 5.29. The standard InChI is InChI=1S/C11H13F3N2O2S/c1-18-10(17)8-6-7(15)2-3-9(8)16-4-5-19-11(12,13)14/h2-3,6,16H,4-5,15H2,1H3. The molecular formula is C11H13F3N2O2S. The van der Waals surface area contributed by atoms with Gasteiger partial charge in [0, 0.05) is 23.7 Å². The van der Waals surface area contributed by atoms with Gasteiger partial charge < -0.3 is 15.8 Å². The van der Waals surface area contributed by atoms with Gasteiger partial charge in [-0.1, -0.05) is 0 Å². The molecule has 0 atom stereocenters. The number of benzene rings is 1. The second kappa shape index (κ2) is 6.55. The first-order valence-electron chi connectivity index (χ1n) is 5.26. The molecule has 0 aliphatic rings. The summed E-state index contributed by atoms with van der Waals surface area (Å²) in [5, 5.41) is 2.75. The van der Waals surface area contributed by atoms with Gasteiger partial charge in [0.1, 0.15) is 0 Å². The quantitative estimate of drug-likeness (QED) is 0.496. The summed E-state index contributed by atoms with van der Waals surface area (Å²) in [6, 6.07) is 4.48. The molecule has 0 radical (unpaired) electrons. The number of nitrogen functional groups attached to an aromatic ring is 1. The zero-order valence-corrected chi connectivity index (χ0v) is 10.9. The number of anilines is 2. The van der Waals surface area contributed by atoms with Crippen molar-refractivity contribution in [1.29, 1.82) is 0 Å². The van der Waals surface area contributed by atoms with Crippen LogP contribution in [-0.4, -0.2) is 30.9 Å². The first kappa shape index (κ1) is 15.5. The number of thioether (sulfide) groups is 1. The molecule has 19 heavy (non-hydrogen) atoms. The Morgan fingerprint density at radius 1 is 1.47 bits per heavy atom. The first-order valence-corrected chi connectivity index (χ1v) is 6.24. The normalized spacial score (nSPS) is 11.2. The molecule has 106 valence electrons. The van der Waals surface area contributed by atoms with Crippen molar-refractivity contribution in [3.63, 3.8) is 0 Å². The summed E-state index contributed by atoms with van der Waals surface area (Å²) in [4.78, 5) is 11.5. The summed E-state index contributed by atoms with van der Waals surface area (Å²) in [5.74, 6) is -0.757. The van der Waals surface area contributed by atoms with Crippen LogP contribution in [0, 0.1) is 0 Å². The number of nitrogens with two attached hydrogens (primary N) is 1. The Bertz CT molecular complexity index is 452. The summed E-state index contributed by atoms with van der Waals surface area (Å²) in [6.45, 7) is 0.0675. The van der Waals surface area contributed by atoms with Crippen molar-refractivity contribution in [2.75, 3.05) is 30.5 Å². The predicted octanol–water partition coefficient (Wildman–Crippen LogP) is 2.72. The fraction of sp³-hybridized carbons (Fsp3) is 0.364. The van der Waals surface area contributed by atoms with Crippen molar-refractivity contribution >= 4 is 29.1 Å². The number of hydrogen-bond acceptors (Lipinski definition) is 5. The van der Waals surface area contributed by atoms with Gasteiger partial charge in [0.25, 0.3) is 0 Å². The summed E-state index contributed by atoms with van der Waals surface area (Å²) < 4.78 is 40.4. The summed E-state index contributed by atoms with van der Waals surface area (Å²) in [5.41, 5.74) is 2.24. The molecule has 0 aromatic heterocycles. The van der Waals surface area contributed by atoms with Crippen LogP contribution in [0.4, 0.5) is 24.5 Å². The van der Waals surface area contributed by atoms with E-state index in [0.29, 0.717) is 11.4 Å². The molecule has 8 heteroatoms. The van der Waals surface area contributed by atoms with Crippen LogP contribution in [0.2, 0.25) is 0 Å². The molecule has 1 aromatic carbocycles. The van der Waals surface area contributed by atoms with Gasteiger partial charge >= 0.3 is 11.5 Å². The minimum absolute atomic E-state index is 0.0675. The molecule has 4 nitrogen and oxygen atoms in total. The van der Waals surface area contributed by atoms with Gasteiger partial charge in [-0.25, -0.2) is 4.79 Å². The van der Waals surface area contributed by atoms with Crippen LogP contribution in [0.15, 0.2) is 18.2 Å². The van der Waals surface area contributed by atoms with Crippen molar-refractivity contribution in [3.05, 3.63) is 23.8 Å². The average molecular weight is 294 g/mol. The highest BCUT2D eigenvalue weighted by Crippen LogP contribution is 2.29. The van der Waals surface area contributed by atoms with E-state index in [0.717, 1.165) is 0 Å². The zero-order chi connectivity index (χ0) is 14.5. The zero-order valence-electron chi connectivity index (χ0n) is 10.1. The Morgan fingerprint density at radius 2 is 2.16 bits per heavy atom. The molecular weight excluding hydrogens is 281 g/mol. The van der Waals surface area contributed by atoms with E-state index < -0.39 is 11.5 Å². The molecule has 1 rings (SSSR count). The van der Waals surface area contributed by atoms with E-state index in [2.05, 4.69) is 10.1 Å². The lowest BCUT2D eigenvalue weighted by atomic mass is 10.1. The highest BCUT2D eigenvalue weighted by Gasteiger charge is 2.27. The van der Waals surface area contributed by atoms with Crippen LogP contribution < -0.4 is 11.1 Å². The van der Waals surface area contributed by atoms with Crippen LogP contribution in [0.5, 0.6) is 0 Å². The van der Waals surface area contributed by atoms with Crippen molar-refractivity contribution in [3.8, 4) is 0 Å². The Balaban J connectivity index is 2.65. The molecule has 3 N–H and O–H groups in total.